The molecule has 222 valence electrons. The number of nitrogen functional groups attached to an aromatic ring is 2. The van der Waals surface area contributed by atoms with E-state index in [1.807, 2.05) is 0 Å². The second-order valence-corrected chi connectivity index (χ2v) is 9.85. The van der Waals surface area contributed by atoms with Gasteiger partial charge in [0, 0.05) is 19.5 Å². The second-order valence-electron chi connectivity index (χ2n) is 9.85. The summed E-state index contributed by atoms with van der Waals surface area (Å²) < 4.78 is 14.5. The Morgan fingerprint density at radius 1 is 0.833 bits per heavy atom. The van der Waals surface area contributed by atoms with Gasteiger partial charge in [0.1, 0.15) is 54.8 Å². The maximum Gasteiger partial charge on any atom is 0.189 e. The van der Waals surface area contributed by atoms with Gasteiger partial charge in [0.2, 0.25) is 0 Å². The third-order valence-corrected chi connectivity index (χ3v) is 7.25. The molecule has 18 heteroatoms. The normalized spacial score (nSPS) is 29.4. The highest BCUT2D eigenvalue weighted by Crippen LogP contribution is 2.34. The van der Waals surface area contributed by atoms with Gasteiger partial charge >= 0.3 is 0 Å². The van der Waals surface area contributed by atoms with Crippen molar-refractivity contribution in [2.45, 2.75) is 55.5 Å². The molecule has 6 rings (SSSR count). The molecule has 2 aliphatic heterocycles. The van der Waals surface area contributed by atoms with Gasteiger partial charge in [0.15, 0.2) is 46.7 Å². The first kappa shape index (κ1) is 28.1. The van der Waals surface area contributed by atoms with Crippen molar-refractivity contribution in [1.29, 1.82) is 0 Å². The SMILES string of the molecule is Nc1ncnc2c1ncn2[C@@H]1O[C@H](CNCCC#Cc2nc3c(N)ncnc3n2[C@@H]2O[C@H](CO)[C@@H](O)[C@H]2O)[C@@H](O)[C@H]1O. The summed E-state index contributed by atoms with van der Waals surface area (Å²) in [6.07, 6.45) is -4.59. The molecule has 4 aromatic heterocycles. The number of hydrogen-bond donors (Lipinski definition) is 8. The number of aliphatic hydroxyl groups is 5. The fraction of sp³-hybridized carbons (Fsp3) is 0.500. The standard InChI is InChI=1S/C24H29N11O7/c25-19-13-21(30-7-28-19)34(9-32-13)23-17(39)15(37)10(41-23)5-27-4-2-1-3-12-33-14-20(26)29-8-31-22(14)35(12)24-18(40)16(38)11(6-36)42-24/h7-11,15-18,23-24,27,36-40H,2,4-6H2,(H2,25,28,30)(H2,26,29,31)/t10-,11-,15-,16-,17-,18-,23-,24-/m1/s1. The number of aromatic nitrogens is 8. The molecular weight excluding hydrogens is 554 g/mol. The molecule has 0 spiro atoms. The summed E-state index contributed by atoms with van der Waals surface area (Å²) in [4.78, 5) is 24.8. The molecule has 0 radical (unpaired) electrons. The number of hydrogen-bond acceptors (Lipinski definition) is 16. The molecule has 18 nitrogen and oxygen atoms in total. The second kappa shape index (κ2) is 11.3. The minimum atomic E-state index is -1.37. The van der Waals surface area contributed by atoms with Crippen LogP contribution in [0.2, 0.25) is 0 Å². The molecular formula is C24H29N11O7. The molecule has 2 saturated heterocycles. The molecule has 42 heavy (non-hydrogen) atoms. The van der Waals surface area contributed by atoms with Gasteiger partial charge in [-0.25, -0.2) is 29.9 Å². The predicted octanol–water partition coefficient (Wildman–Crippen LogP) is -3.61. The molecule has 4 aromatic rings. The van der Waals surface area contributed by atoms with E-state index in [0.29, 0.717) is 24.1 Å². The van der Waals surface area contributed by atoms with E-state index < -0.39 is 55.7 Å². The zero-order chi connectivity index (χ0) is 29.5. The quantitative estimate of drug-likeness (QED) is 0.0770. The highest BCUT2D eigenvalue weighted by atomic mass is 16.6. The largest absolute Gasteiger partial charge is 0.394 e. The highest BCUT2D eigenvalue weighted by Gasteiger charge is 2.45. The van der Waals surface area contributed by atoms with Crippen LogP contribution in [-0.2, 0) is 9.47 Å². The molecule has 10 N–H and O–H groups in total. The Labute approximate surface area is 237 Å². The Morgan fingerprint density at radius 2 is 1.50 bits per heavy atom. The van der Waals surface area contributed by atoms with Crippen LogP contribution in [0.25, 0.3) is 22.3 Å². The van der Waals surface area contributed by atoms with E-state index in [1.54, 1.807) is 0 Å². The lowest BCUT2D eigenvalue weighted by Crippen LogP contribution is -2.37. The van der Waals surface area contributed by atoms with Crippen molar-refractivity contribution in [2.75, 3.05) is 31.2 Å². The first-order valence-electron chi connectivity index (χ1n) is 13.0. The van der Waals surface area contributed by atoms with E-state index in [-0.39, 0.29) is 35.2 Å². The van der Waals surface area contributed by atoms with Gasteiger partial charge in [0.05, 0.1) is 12.9 Å². The summed E-state index contributed by atoms with van der Waals surface area (Å²) in [6.45, 7) is 0.117. The lowest BCUT2D eigenvalue weighted by molar-refractivity contribution is -0.0514. The van der Waals surface area contributed by atoms with Gasteiger partial charge in [-0.05, 0) is 5.92 Å². The van der Waals surface area contributed by atoms with Crippen LogP contribution in [0.1, 0.15) is 24.7 Å². The number of nitrogens with one attached hydrogen (secondary N) is 1. The molecule has 8 atom stereocenters. The Hall–Kier alpha value is -4.06. The van der Waals surface area contributed by atoms with E-state index in [2.05, 4.69) is 47.1 Å². The summed E-state index contributed by atoms with van der Waals surface area (Å²) in [5, 5.41) is 54.7. The van der Waals surface area contributed by atoms with Gasteiger partial charge in [-0.3, -0.25) is 9.13 Å². The van der Waals surface area contributed by atoms with E-state index in [1.165, 1.54) is 28.1 Å². The van der Waals surface area contributed by atoms with Crippen LogP contribution in [0.4, 0.5) is 11.6 Å². The molecule has 0 saturated carbocycles. The van der Waals surface area contributed by atoms with Gasteiger partial charge in [0.25, 0.3) is 0 Å². The van der Waals surface area contributed by atoms with Crippen LogP contribution in [0.3, 0.4) is 0 Å². The number of nitrogens with two attached hydrogens (primary N) is 2. The summed E-state index contributed by atoms with van der Waals surface area (Å²) in [7, 11) is 0. The number of aliphatic hydroxyl groups excluding tert-OH is 5. The minimum Gasteiger partial charge on any atom is -0.394 e. The average molecular weight is 584 g/mol. The smallest absolute Gasteiger partial charge is 0.189 e. The molecule has 0 bridgehead atoms. The van der Waals surface area contributed by atoms with Crippen molar-refractivity contribution in [3.63, 3.8) is 0 Å². The Balaban J connectivity index is 1.11. The van der Waals surface area contributed by atoms with Crippen LogP contribution in [-0.4, -0.2) is 121 Å². The first-order valence-corrected chi connectivity index (χ1v) is 13.0. The summed E-state index contributed by atoms with van der Waals surface area (Å²) in [6, 6.07) is 0. The third kappa shape index (κ3) is 4.77. The van der Waals surface area contributed by atoms with E-state index in [0.717, 1.165) is 0 Å². The van der Waals surface area contributed by atoms with Gasteiger partial charge in [-0.1, -0.05) is 5.92 Å². The molecule has 2 aliphatic rings. The summed E-state index contributed by atoms with van der Waals surface area (Å²) >= 11 is 0. The van der Waals surface area contributed by atoms with Crippen molar-refractivity contribution in [3.05, 3.63) is 24.8 Å². The van der Waals surface area contributed by atoms with E-state index in [9.17, 15) is 25.5 Å². The monoisotopic (exact) mass is 583 g/mol. The summed E-state index contributed by atoms with van der Waals surface area (Å²) in [5.74, 6) is 6.36. The van der Waals surface area contributed by atoms with E-state index >= 15 is 0 Å². The predicted molar refractivity (Wildman–Crippen MR) is 143 cm³/mol. The number of ether oxygens (including phenoxy) is 2. The topological polar surface area (TPSA) is 271 Å². The van der Waals surface area contributed by atoms with Crippen molar-refractivity contribution in [1.82, 2.24) is 44.4 Å². The van der Waals surface area contributed by atoms with Crippen LogP contribution in [0, 0.1) is 11.8 Å². The van der Waals surface area contributed by atoms with Crippen molar-refractivity contribution >= 4 is 34.0 Å². The lowest BCUT2D eigenvalue weighted by atomic mass is 10.1. The fourth-order valence-electron chi connectivity index (χ4n) is 5.07. The zero-order valence-electron chi connectivity index (χ0n) is 22.0. The molecule has 0 aliphatic carbocycles. The number of nitrogens with zero attached hydrogens (tertiary/aromatic N) is 8. The lowest BCUT2D eigenvalue weighted by Gasteiger charge is -2.17. The molecule has 0 amide bonds. The molecule has 0 unspecified atom stereocenters. The Morgan fingerprint density at radius 3 is 2.24 bits per heavy atom. The van der Waals surface area contributed by atoms with Gasteiger partial charge in [-0.15, -0.1) is 0 Å². The summed E-state index contributed by atoms with van der Waals surface area (Å²) in [5.41, 5.74) is 13.0. The molecule has 6 heterocycles. The van der Waals surface area contributed by atoms with Crippen LogP contribution >= 0.6 is 0 Å². The van der Waals surface area contributed by atoms with Gasteiger partial charge < -0.3 is 51.8 Å². The third-order valence-electron chi connectivity index (χ3n) is 7.25. The number of imidazole rings is 2. The Bertz CT molecular complexity index is 1650. The first-order chi connectivity index (χ1) is 20.3. The highest BCUT2D eigenvalue weighted by molar-refractivity contribution is 5.82. The van der Waals surface area contributed by atoms with Crippen LogP contribution in [0.5, 0.6) is 0 Å². The zero-order valence-corrected chi connectivity index (χ0v) is 22.0. The number of rotatable bonds is 7. The molecule has 2 fully saturated rings. The van der Waals surface area contributed by atoms with Crippen molar-refractivity contribution < 1.29 is 35.0 Å². The average Bonchev–Trinajstić information content (AvgIpc) is 3.72. The van der Waals surface area contributed by atoms with Gasteiger partial charge in [-0.2, -0.15) is 0 Å². The minimum absolute atomic E-state index is 0.102. The molecule has 0 aromatic carbocycles. The number of anilines is 2. The fourth-order valence-corrected chi connectivity index (χ4v) is 5.07. The van der Waals surface area contributed by atoms with Crippen LogP contribution < -0.4 is 16.8 Å². The maximum absolute atomic E-state index is 10.6. The van der Waals surface area contributed by atoms with E-state index in [4.69, 9.17) is 20.9 Å². The van der Waals surface area contributed by atoms with Crippen molar-refractivity contribution in [2.24, 2.45) is 0 Å². The Kier molecular flexibility index (Phi) is 7.56. The maximum atomic E-state index is 10.6. The van der Waals surface area contributed by atoms with Crippen LogP contribution in [0.15, 0.2) is 19.0 Å². The van der Waals surface area contributed by atoms with Crippen molar-refractivity contribution in [3.8, 4) is 11.8 Å². The number of fused-ring (bicyclic) bond motifs is 2.